The molecule has 0 aromatic rings. The molecule has 0 aliphatic rings. The first-order valence-corrected chi connectivity index (χ1v) is 5.48. The zero-order valence-corrected chi connectivity index (χ0v) is 9.40. The van der Waals surface area contributed by atoms with E-state index in [2.05, 4.69) is 0 Å². The van der Waals surface area contributed by atoms with E-state index < -0.39 is 23.8 Å². The van der Waals surface area contributed by atoms with Gasteiger partial charge in [-0.25, -0.2) is 0 Å². The van der Waals surface area contributed by atoms with Gasteiger partial charge in [-0.2, -0.15) is 0 Å². The van der Waals surface area contributed by atoms with E-state index in [-0.39, 0.29) is 6.42 Å². The van der Waals surface area contributed by atoms with Crippen molar-refractivity contribution in [1.82, 2.24) is 0 Å². The van der Waals surface area contributed by atoms with Crippen LogP contribution in [0.5, 0.6) is 0 Å². The zero-order chi connectivity index (χ0) is 11.8. The first-order chi connectivity index (χ1) is 7.02. The molecule has 0 saturated carbocycles. The summed E-state index contributed by atoms with van der Waals surface area (Å²) in [5, 5.41) is 17.8. The molecular formula is C11H20O4. The number of rotatable bonds is 8. The standard InChI is InChI=1S/C11H20O4/c1-3-5-6-9(11(14)15)7-8(4-2)10(12)13/h8-9H,3-7H2,1-2H3,(H,12,13)(H,14,15). The van der Waals surface area contributed by atoms with E-state index in [0.717, 1.165) is 12.8 Å². The number of carboxylic acids is 2. The average Bonchev–Trinajstić information content (AvgIpc) is 2.17. The van der Waals surface area contributed by atoms with Crippen molar-refractivity contribution >= 4 is 11.9 Å². The predicted molar refractivity (Wildman–Crippen MR) is 56.7 cm³/mol. The third-order valence-electron chi connectivity index (χ3n) is 2.67. The Bertz CT molecular complexity index is 213. The molecule has 88 valence electrons. The maximum Gasteiger partial charge on any atom is 0.306 e. The summed E-state index contributed by atoms with van der Waals surface area (Å²) in [4.78, 5) is 21.7. The Hall–Kier alpha value is -1.06. The fourth-order valence-corrected chi connectivity index (χ4v) is 1.58. The van der Waals surface area contributed by atoms with Gasteiger partial charge in [0.15, 0.2) is 0 Å². The van der Waals surface area contributed by atoms with Gasteiger partial charge in [0.25, 0.3) is 0 Å². The van der Waals surface area contributed by atoms with Crippen molar-refractivity contribution in [2.75, 3.05) is 0 Å². The second-order valence-electron chi connectivity index (χ2n) is 3.86. The van der Waals surface area contributed by atoms with Crippen LogP contribution in [0.25, 0.3) is 0 Å². The molecule has 0 rings (SSSR count). The number of carboxylic acid groups (broad SMARTS) is 2. The van der Waals surface area contributed by atoms with Gasteiger partial charge in [-0.3, -0.25) is 9.59 Å². The lowest BCUT2D eigenvalue weighted by atomic mass is 9.89. The van der Waals surface area contributed by atoms with Crippen molar-refractivity contribution in [2.45, 2.75) is 46.0 Å². The van der Waals surface area contributed by atoms with Crippen LogP contribution in [0.2, 0.25) is 0 Å². The Morgan fingerprint density at radius 1 is 1.07 bits per heavy atom. The molecule has 0 amide bonds. The van der Waals surface area contributed by atoms with Crippen molar-refractivity contribution in [2.24, 2.45) is 11.8 Å². The van der Waals surface area contributed by atoms with Gasteiger partial charge in [0.1, 0.15) is 0 Å². The molecule has 2 N–H and O–H groups in total. The molecule has 15 heavy (non-hydrogen) atoms. The molecule has 0 radical (unpaired) electrons. The van der Waals surface area contributed by atoms with Crippen molar-refractivity contribution in [3.8, 4) is 0 Å². The molecule has 0 heterocycles. The number of hydrogen-bond acceptors (Lipinski definition) is 2. The molecule has 4 nitrogen and oxygen atoms in total. The lowest BCUT2D eigenvalue weighted by Gasteiger charge is -2.16. The third kappa shape index (κ3) is 5.40. The van der Waals surface area contributed by atoms with E-state index in [1.165, 1.54) is 0 Å². The van der Waals surface area contributed by atoms with Crippen LogP contribution < -0.4 is 0 Å². The Labute approximate surface area is 90.3 Å². The minimum absolute atomic E-state index is 0.251. The Morgan fingerprint density at radius 2 is 1.60 bits per heavy atom. The van der Waals surface area contributed by atoms with Gasteiger partial charge in [-0.05, 0) is 19.3 Å². The van der Waals surface area contributed by atoms with Crippen molar-refractivity contribution in [3.63, 3.8) is 0 Å². The molecule has 0 fully saturated rings. The number of carbonyl (C=O) groups is 2. The minimum Gasteiger partial charge on any atom is -0.481 e. The lowest BCUT2D eigenvalue weighted by molar-refractivity contribution is -0.146. The largest absolute Gasteiger partial charge is 0.481 e. The summed E-state index contributed by atoms with van der Waals surface area (Å²) in [7, 11) is 0. The SMILES string of the molecule is CCCCC(CC(CC)C(=O)O)C(=O)O. The van der Waals surface area contributed by atoms with Crippen molar-refractivity contribution in [3.05, 3.63) is 0 Å². The molecular weight excluding hydrogens is 196 g/mol. The maximum absolute atomic E-state index is 10.9. The summed E-state index contributed by atoms with van der Waals surface area (Å²) in [6.07, 6.45) is 3.10. The Kier molecular flexibility index (Phi) is 6.75. The minimum atomic E-state index is -0.889. The van der Waals surface area contributed by atoms with Crippen molar-refractivity contribution in [1.29, 1.82) is 0 Å². The number of hydrogen-bond donors (Lipinski definition) is 2. The molecule has 2 unspecified atom stereocenters. The Balaban J connectivity index is 4.25. The van der Waals surface area contributed by atoms with Crippen LogP contribution in [0.3, 0.4) is 0 Å². The highest BCUT2D eigenvalue weighted by atomic mass is 16.4. The second kappa shape index (κ2) is 7.26. The van der Waals surface area contributed by atoms with Gasteiger partial charge < -0.3 is 10.2 Å². The summed E-state index contributed by atoms with van der Waals surface area (Å²) in [5.41, 5.74) is 0. The fraction of sp³-hybridized carbons (Fsp3) is 0.818. The lowest BCUT2D eigenvalue weighted by Crippen LogP contribution is -2.22. The second-order valence-corrected chi connectivity index (χ2v) is 3.86. The smallest absolute Gasteiger partial charge is 0.306 e. The molecule has 2 atom stereocenters. The van der Waals surface area contributed by atoms with Crippen LogP contribution in [0, 0.1) is 11.8 Å². The highest BCUT2D eigenvalue weighted by Crippen LogP contribution is 2.21. The first kappa shape index (κ1) is 13.9. The van der Waals surface area contributed by atoms with Gasteiger partial charge in [-0.15, -0.1) is 0 Å². The molecule has 0 aromatic heterocycles. The van der Waals surface area contributed by atoms with Crippen LogP contribution in [0.15, 0.2) is 0 Å². The monoisotopic (exact) mass is 216 g/mol. The summed E-state index contributed by atoms with van der Waals surface area (Å²) in [6, 6.07) is 0. The molecule has 0 bridgehead atoms. The fourth-order valence-electron chi connectivity index (χ4n) is 1.58. The van der Waals surface area contributed by atoms with Crippen molar-refractivity contribution < 1.29 is 19.8 Å². The van der Waals surface area contributed by atoms with Crippen LogP contribution in [0.1, 0.15) is 46.0 Å². The molecule has 0 aliphatic heterocycles. The topological polar surface area (TPSA) is 74.6 Å². The van der Waals surface area contributed by atoms with E-state index in [1.807, 2.05) is 6.92 Å². The zero-order valence-electron chi connectivity index (χ0n) is 9.40. The predicted octanol–water partition coefficient (Wildman–Crippen LogP) is 2.38. The summed E-state index contributed by atoms with van der Waals surface area (Å²) in [6.45, 7) is 3.77. The van der Waals surface area contributed by atoms with E-state index in [1.54, 1.807) is 6.92 Å². The number of unbranched alkanes of at least 4 members (excludes halogenated alkanes) is 1. The molecule has 0 spiro atoms. The van der Waals surface area contributed by atoms with Gasteiger partial charge in [-0.1, -0.05) is 26.7 Å². The van der Waals surface area contributed by atoms with Crippen LogP contribution in [-0.4, -0.2) is 22.2 Å². The summed E-state index contributed by atoms with van der Waals surface area (Å²) in [5.74, 6) is -2.79. The van der Waals surface area contributed by atoms with Crippen LogP contribution in [0.4, 0.5) is 0 Å². The van der Waals surface area contributed by atoms with E-state index in [0.29, 0.717) is 12.8 Å². The van der Waals surface area contributed by atoms with Gasteiger partial charge >= 0.3 is 11.9 Å². The highest BCUT2D eigenvalue weighted by molar-refractivity contribution is 5.73. The van der Waals surface area contributed by atoms with E-state index in [9.17, 15) is 9.59 Å². The Morgan fingerprint density at radius 3 is 1.93 bits per heavy atom. The molecule has 0 aromatic carbocycles. The van der Waals surface area contributed by atoms with Crippen LogP contribution >= 0.6 is 0 Å². The van der Waals surface area contributed by atoms with Gasteiger partial charge in [0, 0.05) is 0 Å². The third-order valence-corrected chi connectivity index (χ3v) is 2.67. The molecule has 0 aliphatic carbocycles. The summed E-state index contributed by atoms with van der Waals surface area (Å²) >= 11 is 0. The molecule has 0 saturated heterocycles. The quantitative estimate of drug-likeness (QED) is 0.653. The first-order valence-electron chi connectivity index (χ1n) is 5.48. The maximum atomic E-state index is 10.9. The average molecular weight is 216 g/mol. The van der Waals surface area contributed by atoms with Crippen LogP contribution in [-0.2, 0) is 9.59 Å². The molecule has 4 heteroatoms. The number of aliphatic carboxylic acids is 2. The highest BCUT2D eigenvalue weighted by Gasteiger charge is 2.25. The normalized spacial score (nSPS) is 14.5. The van der Waals surface area contributed by atoms with E-state index in [4.69, 9.17) is 10.2 Å². The summed E-state index contributed by atoms with van der Waals surface area (Å²) < 4.78 is 0. The van der Waals surface area contributed by atoms with E-state index >= 15 is 0 Å². The van der Waals surface area contributed by atoms with Gasteiger partial charge in [0.2, 0.25) is 0 Å². The van der Waals surface area contributed by atoms with Gasteiger partial charge in [0.05, 0.1) is 11.8 Å².